The first-order valence-corrected chi connectivity index (χ1v) is 6.93. The van der Waals surface area contributed by atoms with Crippen LogP contribution in [0.1, 0.15) is 0 Å². The standard InChI is InChI=1S/C14H9N5S/c1-2-6-10(7-3-1)19-13(16-17-18-19)14-15-11-8-4-5-9-12(11)20-14/h1-9H. The zero-order valence-corrected chi connectivity index (χ0v) is 11.2. The Labute approximate surface area is 118 Å². The number of nitrogens with zero attached hydrogens (tertiary/aromatic N) is 5. The van der Waals surface area contributed by atoms with Crippen LogP contribution >= 0.6 is 11.3 Å². The third-order valence-corrected chi connectivity index (χ3v) is 3.99. The molecule has 4 rings (SSSR count). The van der Waals surface area contributed by atoms with Gasteiger partial charge < -0.3 is 0 Å². The van der Waals surface area contributed by atoms with E-state index in [2.05, 4.69) is 20.5 Å². The summed E-state index contributed by atoms with van der Waals surface area (Å²) in [5.74, 6) is 0.664. The van der Waals surface area contributed by atoms with Crippen LogP contribution in [-0.2, 0) is 0 Å². The summed E-state index contributed by atoms with van der Waals surface area (Å²) in [5, 5.41) is 12.8. The van der Waals surface area contributed by atoms with Gasteiger partial charge >= 0.3 is 0 Å². The minimum atomic E-state index is 0.664. The normalized spacial score (nSPS) is 11.0. The number of rotatable bonds is 2. The molecule has 2 aromatic carbocycles. The lowest BCUT2D eigenvalue weighted by molar-refractivity contribution is 0.791. The van der Waals surface area contributed by atoms with Gasteiger partial charge in [0.15, 0.2) is 5.01 Å². The second-order valence-electron chi connectivity index (χ2n) is 4.24. The maximum absolute atomic E-state index is 4.60. The van der Waals surface area contributed by atoms with Crippen molar-refractivity contribution in [2.45, 2.75) is 0 Å². The number of benzene rings is 2. The topological polar surface area (TPSA) is 56.5 Å². The van der Waals surface area contributed by atoms with Crippen molar-refractivity contribution in [1.29, 1.82) is 0 Å². The Morgan fingerprint density at radius 2 is 1.70 bits per heavy atom. The van der Waals surface area contributed by atoms with Gasteiger partial charge in [0, 0.05) is 0 Å². The highest BCUT2D eigenvalue weighted by Gasteiger charge is 2.14. The van der Waals surface area contributed by atoms with Gasteiger partial charge in [-0.1, -0.05) is 30.3 Å². The Balaban J connectivity index is 1.89. The van der Waals surface area contributed by atoms with Crippen molar-refractivity contribution < 1.29 is 0 Å². The van der Waals surface area contributed by atoms with Crippen LogP contribution in [-0.4, -0.2) is 25.2 Å². The van der Waals surface area contributed by atoms with E-state index in [-0.39, 0.29) is 0 Å². The van der Waals surface area contributed by atoms with Crippen LogP contribution in [0.15, 0.2) is 54.6 Å². The van der Waals surface area contributed by atoms with Gasteiger partial charge in [0.05, 0.1) is 15.9 Å². The van der Waals surface area contributed by atoms with Crippen molar-refractivity contribution in [3.63, 3.8) is 0 Å². The Bertz CT molecular complexity index is 832. The van der Waals surface area contributed by atoms with Crippen molar-refractivity contribution in [1.82, 2.24) is 25.2 Å². The molecule has 2 heterocycles. The maximum Gasteiger partial charge on any atom is 0.215 e. The van der Waals surface area contributed by atoms with Gasteiger partial charge in [-0.2, -0.15) is 4.68 Å². The lowest BCUT2D eigenvalue weighted by Gasteiger charge is -2.00. The molecule has 2 aromatic heterocycles. The van der Waals surface area contributed by atoms with E-state index in [1.165, 1.54) is 0 Å². The fraction of sp³-hybridized carbons (Fsp3) is 0. The first kappa shape index (κ1) is 11.2. The van der Waals surface area contributed by atoms with Gasteiger partial charge in [-0.05, 0) is 34.7 Å². The zero-order chi connectivity index (χ0) is 13.4. The zero-order valence-electron chi connectivity index (χ0n) is 10.3. The van der Waals surface area contributed by atoms with Gasteiger partial charge in [-0.3, -0.25) is 0 Å². The van der Waals surface area contributed by atoms with Gasteiger partial charge in [0.2, 0.25) is 5.82 Å². The quantitative estimate of drug-likeness (QED) is 0.566. The summed E-state index contributed by atoms with van der Waals surface area (Å²) >= 11 is 1.59. The third-order valence-electron chi connectivity index (χ3n) is 2.96. The smallest absolute Gasteiger partial charge is 0.215 e. The van der Waals surface area contributed by atoms with E-state index >= 15 is 0 Å². The van der Waals surface area contributed by atoms with E-state index in [9.17, 15) is 0 Å². The van der Waals surface area contributed by atoms with Crippen LogP contribution in [0.4, 0.5) is 0 Å². The molecule has 0 unspecified atom stereocenters. The third kappa shape index (κ3) is 1.78. The molecule has 0 saturated carbocycles. The van der Waals surface area contributed by atoms with E-state index in [1.807, 2.05) is 54.6 Å². The van der Waals surface area contributed by atoms with Crippen LogP contribution in [0.3, 0.4) is 0 Å². The predicted octanol–water partition coefficient (Wildman–Crippen LogP) is 2.94. The van der Waals surface area contributed by atoms with Crippen LogP contribution in [0.2, 0.25) is 0 Å². The van der Waals surface area contributed by atoms with Gasteiger partial charge in [-0.25, -0.2) is 4.98 Å². The molecular weight excluding hydrogens is 270 g/mol. The molecule has 5 nitrogen and oxygen atoms in total. The SMILES string of the molecule is c1ccc(-n2nnnc2-c2nc3ccccc3s2)cc1. The van der Waals surface area contributed by atoms with Crippen LogP contribution < -0.4 is 0 Å². The van der Waals surface area contributed by atoms with E-state index in [0.29, 0.717) is 5.82 Å². The molecule has 20 heavy (non-hydrogen) atoms. The highest BCUT2D eigenvalue weighted by molar-refractivity contribution is 7.21. The van der Waals surface area contributed by atoms with Crippen LogP contribution in [0.25, 0.3) is 26.7 Å². The van der Waals surface area contributed by atoms with Crippen molar-refractivity contribution in [2.75, 3.05) is 0 Å². The Morgan fingerprint density at radius 1 is 0.900 bits per heavy atom. The molecule has 0 spiro atoms. The summed E-state index contributed by atoms with van der Waals surface area (Å²) < 4.78 is 2.84. The first-order chi connectivity index (χ1) is 9.92. The molecule has 0 N–H and O–H groups in total. The second kappa shape index (κ2) is 4.50. The highest BCUT2D eigenvalue weighted by Crippen LogP contribution is 2.29. The number of hydrogen-bond donors (Lipinski definition) is 0. The molecule has 0 atom stereocenters. The number of aromatic nitrogens is 5. The summed E-state index contributed by atoms with van der Waals surface area (Å²) in [6, 6.07) is 17.8. The summed E-state index contributed by atoms with van der Waals surface area (Å²) in [7, 11) is 0. The Kier molecular flexibility index (Phi) is 2.53. The Morgan fingerprint density at radius 3 is 2.55 bits per heavy atom. The average molecular weight is 279 g/mol. The largest absolute Gasteiger partial charge is 0.233 e. The minimum absolute atomic E-state index is 0.664. The summed E-state index contributed by atoms with van der Waals surface area (Å²) in [6.07, 6.45) is 0. The number of para-hydroxylation sites is 2. The predicted molar refractivity (Wildman–Crippen MR) is 77.8 cm³/mol. The highest BCUT2D eigenvalue weighted by atomic mass is 32.1. The van der Waals surface area contributed by atoms with Gasteiger partial charge in [0.1, 0.15) is 0 Å². The van der Waals surface area contributed by atoms with Crippen molar-refractivity contribution >= 4 is 21.6 Å². The van der Waals surface area contributed by atoms with Crippen LogP contribution in [0.5, 0.6) is 0 Å². The number of fused-ring (bicyclic) bond motifs is 1. The molecule has 6 heteroatoms. The lowest BCUT2D eigenvalue weighted by Crippen LogP contribution is -1.98. The van der Waals surface area contributed by atoms with Gasteiger partial charge in [-0.15, -0.1) is 16.4 Å². The van der Waals surface area contributed by atoms with Crippen molar-refractivity contribution in [3.05, 3.63) is 54.6 Å². The molecule has 96 valence electrons. The summed E-state index contributed by atoms with van der Waals surface area (Å²) in [4.78, 5) is 4.60. The molecule has 0 fully saturated rings. The molecule has 0 amide bonds. The summed E-state index contributed by atoms with van der Waals surface area (Å²) in [6.45, 7) is 0. The summed E-state index contributed by atoms with van der Waals surface area (Å²) in [5.41, 5.74) is 1.89. The van der Waals surface area contributed by atoms with E-state index in [4.69, 9.17) is 0 Å². The average Bonchev–Trinajstić information content (AvgIpc) is 3.14. The van der Waals surface area contributed by atoms with E-state index in [1.54, 1.807) is 16.0 Å². The molecule has 0 bridgehead atoms. The van der Waals surface area contributed by atoms with Crippen molar-refractivity contribution in [2.24, 2.45) is 0 Å². The van der Waals surface area contributed by atoms with E-state index < -0.39 is 0 Å². The van der Waals surface area contributed by atoms with Crippen LogP contribution in [0, 0.1) is 0 Å². The molecule has 0 aliphatic heterocycles. The van der Waals surface area contributed by atoms with Gasteiger partial charge in [0.25, 0.3) is 0 Å². The lowest BCUT2D eigenvalue weighted by atomic mass is 10.3. The number of tetrazole rings is 1. The molecule has 0 saturated heterocycles. The first-order valence-electron chi connectivity index (χ1n) is 6.11. The monoisotopic (exact) mass is 279 g/mol. The Hall–Kier alpha value is -2.60. The molecule has 4 aromatic rings. The molecule has 0 aliphatic rings. The van der Waals surface area contributed by atoms with E-state index in [0.717, 1.165) is 20.9 Å². The molecule has 0 aliphatic carbocycles. The fourth-order valence-corrected chi connectivity index (χ4v) is 2.97. The molecule has 0 radical (unpaired) electrons. The number of thiazole rings is 1. The fourth-order valence-electron chi connectivity index (χ4n) is 2.03. The van der Waals surface area contributed by atoms with Crippen molar-refractivity contribution in [3.8, 4) is 16.5 Å². The second-order valence-corrected chi connectivity index (χ2v) is 5.27. The molecular formula is C14H9N5S. The maximum atomic E-state index is 4.60. The minimum Gasteiger partial charge on any atom is -0.233 e. The number of hydrogen-bond acceptors (Lipinski definition) is 5.